The predicted octanol–water partition coefficient (Wildman–Crippen LogP) is 2.32. The number of amides is 1. The van der Waals surface area contributed by atoms with Gasteiger partial charge in [0.2, 0.25) is 0 Å². The summed E-state index contributed by atoms with van der Waals surface area (Å²) in [6.45, 7) is 1.58. The summed E-state index contributed by atoms with van der Waals surface area (Å²) >= 11 is 0. The Bertz CT molecular complexity index is 1310. The second kappa shape index (κ2) is 6.96. The van der Waals surface area contributed by atoms with Gasteiger partial charge in [-0.25, -0.2) is 12.4 Å². The Morgan fingerprint density at radius 3 is 2.90 bits per heavy atom. The molecule has 0 atom stereocenters. The molecule has 1 aromatic carbocycles. The summed E-state index contributed by atoms with van der Waals surface area (Å²) < 4.78 is 33.7. The first kappa shape index (κ1) is 18.8. The van der Waals surface area contributed by atoms with Crippen molar-refractivity contribution in [3.8, 4) is 5.75 Å². The Morgan fingerprint density at radius 1 is 1.23 bits per heavy atom. The summed E-state index contributed by atoms with van der Waals surface area (Å²) in [5.74, 6) is 0.0696. The van der Waals surface area contributed by atoms with Gasteiger partial charge in [-0.2, -0.15) is 0 Å². The number of hydrogen-bond donors (Lipinski definition) is 1. The van der Waals surface area contributed by atoms with Gasteiger partial charge in [-0.05, 0) is 43.3 Å². The van der Waals surface area contributed by atoms with Gasteiger partial charge >= 0.3 is 0 Å². The van der Waals surface area contributed by atoms with E-state index in [1.807, 2.05) is 0 Å². The Labute approximate surface area is 173 Å². The van der Waals surface area contributed by atoms with Gasteiger partial charge in [0, 0.05) is 37.1 Å². The summed E-state index contributed by atoms with van der Waals surface area (Å²) in [6, 6.07) is 7.95. The van der Waals surface area contributed by atoms with Crippen LogP contribution < -0.4 is 10.1 Å². The standard InChI is InChI=1S/C21H20N4O4S/c1-24-9-6-14(7-10-24)16-12-25(18-3-2-8-22-21(16)18)30(27,28)15-4-5-17-19(11-15)29-13-20(26)23-17/h2-6,8,11-12H,7,9-10,13H2,1H3,(H,23,26). The van der Waals surface area contributed by atoms with E-state index in [1.54, 1.807) is 30.6 Å². The number of nitrogens with one attached hydrogen (secondary N) is 1. The van der Waals surface area contributed by atoms with Crippen LogP contribution in [0.3, 0.4) is 0 Å². The van der Waals surface area contributed by atoms with E-state index >= 15 is 0 Å². The van der Waals surface area contributed by atoms with E-state index in [1.165, 1.54) is 16.1 Å². The van der Waals surface area contributed by atoms with Crippen molar-refractivity contribution in [1.29, 1.82) is 0 Å². The zero-order valence-corrected chi connectivity index (χ0v) is 17.1. The number of aromatic nitrogens is 2. The van der Waals surface area contributed by atoms with Crippen LogP contribution >= 0.6 is 0 Å². The van der Waals surface area contributed by atoms with Crippen LogP contribution in [0.15, 0.2) is 53.7 Å². The molecule has 0 saturated heterocycles. The van der Waals surface area contributed by atoms with Gasteiger partial charge in [0.25, 0.3) is 15.9 Å². The number of carbonyl (C=O) groups is 1. The number of rotatable bonds is 3. The molecular weight excluding hydrogens is 404 g/mol. The second-order valence-electron chi connectivity index (χ2n) is 7.45. The molecule has 0 aliphatic carbocycles. The van der Waals surface area contributed by atoms with Gasteiger partial charge in [0.05, 0.1) is 21.6 Å². The number of ether oxygens (including phenoxy) is 1. The molecule has 154 valence electrons. The number of fused-ring (bicyclic) bond motifs is 2. The Kier molecular flexibility index (Phi) is 4.37. The lowest BCUT2D eigenvalue weighted by atomic mass is 10.0. The molecule has 30 heavy (non-hydrogen) atoms. The first-order valence-corrected chi connectivity index (χ1v) is 11.0. The van der Waals surface area contributed by atoms with E-state index in [9.17, 15) is 13.2 Å². The van der Waals surface area contributed by atoms with Crippen molar-refractivity contribution in [2.75, 3.05) is 32.1 Å². The largest absolute Gasteiger partial charge is 0.482 e. The lowest BCUT2D eigenvalue weighted by Crippen LogP contribution is -2.25. The minimum atomic E-state index is -3.89. The molecule has 8 nitrogen and oxygen atoms in total. The molecule has 0 fully saturated rings. The maximum absolute atomic E-state index is 13.5. The summed E-state index contributed by atoms with van der Waals surface area (Å²) in [5, 5.41) is 2.67. The second-order valence-corrected chi connectivity index (χ2v) is 9.27. The zero-order valence-electron chi connectivity index (χ0n) is 16.3. The van der Waals surface area contributed by atoms with Crippen molar-refractivity contribution < 1.29 is 17.9 Å². The highest BCUT2D eigenvalue weighted by atomic mass is 32.2. The Balaban J connectivity index is 1.63. The average molecular weight is 424 g/mol. The van der Waals surface area contributed by atoms with Crippen LogP contribution in [0.25, 0.3) is 16.6 Å². The summed E-state index contributed by atoms with van der Waals surface area (Å²) in [6.07, 6.45) is 6.29. The predicted molar refractivity (Wildman–Crippen MR) is 113 cm³/mol. The van der Waals surface area contributed by atoms with E-state index < -0.39 is 10.0 Å². The van der Waals surface area contributed by atoms with Crippen molar-refractivity contribution in [2.24, 2.45) is 0 Å². The van der Waals surface area contributed by atoms with E-state index in [0.29, 0.717) is 22.5 Å². The van der Waals surface area contributed by atoms with Crippen LogP contribution in [0.1, 0.15) is 12.0 Å². The molecule has 0 bridgehead atoms. The van der Waals surface area contributed by atoms with Gasteiger partial charge in [0.1, 0.15) is 5.75 Å². The lowest BCUT2D eigenvalue weighted by Gasteiger charge is -2.21. The topological polar surface area (TPSA) is 93.5 Å². The van der Waals surface area contributed by atoms with Crippen LogP contribution in [0, 0.1) is 0 Å². The van der Waals surface area contributed by atoms with Crippen molar-refractivity contribution in [2.45, 2.75) is 11.3 Å². The highest BCUT2D eigenvalue weighted by molar-refractivity contribution is 7.90. The maximum Gasteiger partial charge on any atom is 0.268 e. The molecule has 9 heteroatoms. The molecular formula is C21H20N4O4S. The molecule has 1 amide bonds. The fraction of sp³-hybridized carbons (Fsp3) is 0.238. The fourth-order valence-electron chi connectivity index (χ4n) is 3.81. The molecule has 3 aromatic rings. The van der Waals surface area contributed by atoms with Crippen molar-refractivity contribution >= 4 is 38.2 Å². The third kappa shape index (κ3) is 3.06. The number of pyridine rings is 1. The zero-order chi connectivity index (χ0) is 20.9. The molecule has 0 saturated carbocycles. The van der Waals surface area contributed by atoms with Crippen molar-refractivity contribution in [3.63, 3.8) is 0 Å². The normalized spacial score (nSPS) is 17.2. The van der Waals surface area contributed by atoms with Gasteiger partial charge in [-0.3, -0.25) is 9.78 Å². The third-order valence-electron chi connectivity index (χ3n) is 5.43. The molecule has 0 unspecified atom stereocenters. The minimum absolute atomic E-state index is 0.0852. The third-order valence-corrected chi connectivity index (χ3v) is 7.10. The summed E-state index contributed by atoms with van der Waals surface area (Å²) in [7, 11) is -1.84. The lowest BCUT2D eigenvalue weighted by molar-refractivity contribution is -0.118. The SMILES string of the molecule is CN1CC=C(c2cn(S(=O)(=O)c3ccc4c(c3)OCC(=O)N4)c3cccnc23)CC1. The van der Waals surface area contributed by atoms with Crippen LogP contribution in [-0.4, -0.2) is 54.9 Å². The number of hydrogen-bond acceptors (Lipinski definition) is 6. The Hall–Kier alpha value is -3.17. The van der Waals surface area contributed by atoms with Gasteiger partial charge in [-0.1, -0.05) is 6.08 Å². The molecule has 5 rings (SSSR count). The highest BCUT2D eigenvalue weighted by Gasteiger charge is 2.26. The fourth-order valence-corrected chi connectivity index (χ4v) is 5.18. The van der Waals surface area contributed by atoms with E-state index in [4.69, 9.17) is 4.74 Å². The maximum atomic E-state index is 13.5. The Morgan fingerprint density at radius 2 is 2.10 bits per heavy atom. The molecule has 1 N–H and O–H groups in total. The van der Waals surface area contributed by atoms with Crippen LogP contribution in [0.2, 0.25) is 0 Å². The van der Waals surface area contributed by atoms with Gasteiger partial charge in [-0.15, -0.1) is 0 Å². The van der Waals surface area contributed by atoms with Gasteiger partial charge in [0.15, 0.2) is 6.61 Å². The van der Waals surface area contributed by atoms with E-state index in [2.05, 4.69) is 28.3 Å². The van der Waals surface area contributed by atoms with Crippen LogP contribution in [0.4, 0.5) is 5.69 Å². The monoisotopic (exact) mass is 424 g/mol. The number of nitrogens with zero attached hydrogens (tertiary/aromatic N) is 3. The molecule has 2 aliphatic heterocycles. The van der Waals surface area contributed by atoms with E-state index in [-0.39, 0.29) is 17.4 Å². The smallest absolute Gasteiger partial charge is 0.268 e. The van der Waals surface area contributed by atoms with Crippen molar-refractivity contribution in [3.05, 3.63) is 54.4 Å². The summed E-state index contributed by atoms with van der Waals surface area (Å²) in [4.78, 5) is 18.2. The summed E-state index contributed by atoms with van der Waals surface area (Å²) in [5.41, 5.74) is 3.59. The quantitative estimate of drug-likeness (QED) is 0.694. The highest BCUT2D eigenvalue weighted by Crippen LogP contribution is 2.34. The molecule has 0 spiro atoms. The number of anilines is 1. The van der Waals surface area contributed by atoms with Gasteiger partial charge < -0.3 is 15.0 Å². The first-order valence-electron chi connectivity index (χ1n) is 9.60. The molecule has 4 heterocycles. The van der Waals surface area contributed by atoms with Crippen LogP contribution in [-0.2, 0) is 14.8 Å². The molecule has 0 radical (unpaired) electrons. The molecule has 2 aliphatic rings. The number of likely N-dealkylation sites (N-methyl/N-ethyl adjacent to an activating group) is 1. The molecule has 2 aromatic heterocycles. The van der Waals surface area contributed by atoms with Crippen LogP contribution in [0.5, 0.6) is 5.75 Å². The van der Waals surface area contributed by atoms with Crippen molar-refractivity contribution in [1.82, 2.24) is 13.9 Å². The average Bonchev–Trinajstić information content (AvgIpc) is 3.14. The van der Waals surface area contributed by atoms with E-state index in [0.717, 1.165) is 30.6 Å². The number of benzene rings is 1. The first-order chi connectivity index (χ1) is 14.4. The number of carbonyl (C=O) groups excluding carboxylic acids is 1. The minimum Gasteiger partial charge on any atom is -0.482 e.